The minimum absolute atomic E-state index is 0.0162. The summed E-state index contributed by atoms with van der Waals surface area (Å²) in [5, 5.41) is 0. The van der Waals surface area contributed by atoms with E-state index in [0.29, 0.717) is 44.8 Å². The van der Waals surface area contributed by atoms with E-state index < -0.39 is 0 Å². The first-order valence-corrected chi connectivity index (χ1v) is 12.1. The van der Waals surface area contributed by atoms with Crippen LogP contribution in [0.25, 0.3) is 0 Å². The summed E-state index contributed by atoms with van der Waals surface area (Å²) in [5.41, 5.74) is 2.55. The molecule has 3 aliphatic heterocycles. The lowest BCUT2D eigenvalue weighted by atomic mass is 9.73. The number of halogens is 1. The van der Waals surface area contributed by atoms with E-state index in [1.54, 1.807) is 24.1 Å². The fourth-order valence-corrected chi connectivity index (χ4v) is 5.52. The first-order chi connectivity index (χ1) is 17.0. The molecule has 182 valence electrons. The predicted octanol–water partition coefficient (Wildman–Crippen LogP) is 2.80. The van der Waals surface area contributed by atoms with Crippen molar-refractivity contribution in [2.24, 2.45) is 5.92 Å². The van der Waals surface area contributed by atoms with Crippen molar-refractivity contribution in [3.63, 3.8) is 0 Å². The molecule has 0 unspecified atom stereocenters. The van der Waals surface area contributed by atoms with Crippen molar-refractivity contribution in [2.45, 2.75) is 30.8 Å². The number of carbonyl (C=O) groups excluding carboxylic acids is 2. The summed E-state index contributed by atoms with van der Waals surface area (Å²) in [5.74, 6) is 5.83. The van der Waals surface area contributed by atoms with E-state index in [9.17, 15) is 14.0 Å². The maximum atomic E-state index is 13.4. The molecule has 0 saturated carbocycles. The van der Waals surface area contributed by atoms with Crippen molar-refractivity contribution in [1.82, 2.24) is 9.80 Å². The fourth-order valence-electron chi connectivity index (χ4n) is 5.52. The van der Waals surface area contributed by atoms with Crippen molar-refractivity contribution in [3.05, 3.63) is 71.0 Å². The highest BCUT2D eigenvalue weighted by Crippen LogP contribution is 2.43. The number of amides is 2. The van der Waals surface area contributed by atoms with Gasteiger partial charge in [-0.05, 0) is 48.7 Å². The van der Waals surface area contributed by atoms with Gasteiger partial charge >= 0.3 is 0 Å². The number of rotatable bonds is 4. The molecule has 2 aromatic rings. The van der Waals surface area contributed by atoms with Crippen molar-refractivity contribution >= 4 is 11.8 Å². The van der Waals surface area contributed by atoms with Gasteiger partial charge in [0, 0.05) is 49.8 Å². The van der Waals surface area contributed by atoms with Gasteiger partial charge in [0.1, 0.15) is 5.82 Å². The van der Waals surface area contributed by atoms with Crippen LogP contribution in [0.5, 0.6) is 0 Å². The maximum Gasteiger partial charge on any atom is 0.242 e. The number of hydrogen-bond acceptors (Lipinski definition) is 4. The van der Waals surface area contributed by atoms with Gasteiger partial charge in [0.15, 0.2) is 0 Å². The monoisotopic (exact) mass is 476 g/mol. The number of nitrogens with zero attached hydrogens (tertiary/aromatic N) is 2. The van der Waals surface area contributed by atoms with Gasteiger partial charge in [0.05, 0.1) is 25.2 Å². The summed E-state index contributed by atoms with van der Waals surface area (Å²) in [7, 11) is 1.64. The molecule has 3 aliphatic rings. The lowest BCUT2D eigenvalue weighted by Crippen LogP contribution is -2.73. The van der Waals surface area contributed by atoms with Gasteiger partial charge in [0.2, 0.25) is 11.8 Å². The van der Waals surface area contributed by atoms with Crippen LogP contribution in [0.15, 0.2) is 48.5 Å². The molecule has 0 spiro atoms. The highest BCUT2D eigenvalue weighted by Gasteiger charge is 2.55. The largest absolute Gasteiger partial charge is 0.383 e. The van der Waals surface area contributed by atoms with Crippen LogP contribution in [0.1, 0.15) is 35.4 Å². The zero-order valence-corrected chi connectivity index (χ0v) is 19.8. The van der Waals surface area contributed by atoms with Gasteiger partial charge in [-0.2, -0.15) is 0 Å². The second-order valence-electron chi connectivity index (χ2n) is 9.40. The van der Waals surface area contributed by atoms with Crippen LogP contribution in [0, 0.1) is 23.6 Å². The minimum atomic E-state index is -0.308. The van der Waals surface area contributed by atoms with Crippen LogP contribution < -0.4 is 0 Å². The Morgan fingerprint density at radius 2 is 1.86 bits per heavy atom. The molecule has 35 heavy (non-hydrogen) atoms. The molecule has 7 heteroatoms. The highest BCUT2D eigenvalue weighted by atomic mass is 19.1. The molecule has 3 saturated heterocycles. The Morgan fingerprint density at radius 3 is 2.57 bits per heavy atom. The van der Waals surface area contributed by atoms with Crippen LogP contribution in [-0.2, 0) is 19.1 Å². The summed E-state index contributed by atoms with van der Waals surface area (Å²) in [4.78, 5) is 29.8. The third-order valence-corrected chi connectivity index (χ3v) is 7.26. The van der Waals surface area contributed by atoms with Crippen LogP contribution in [-0.4, -0.2) is 73.7 Å². The summed E-state index contributed by atoms with van der Waals surface area (Å²) < 4.78 is 24.2. The zero-order valence-electron chi connectivity index (χ0n) is 19.8. The molecule has 5 rings (SSSR count). The maximum absolute atomic E-state index is 13.4. The van der Waals surface area contributed by atoms with Gasteiger partial charge in [0.25, 0.3) is 0 Å². The summed E-state index contributed by atoms with van der Waals surface area (Å²) in [6.07, 6.45) is 1.43. The molecule has 0 radical (unpaired) electrons. The lowest BCUT2D eigenvalue weighted by molar-refractivity contribution is -0.169. The van der Waals surface area contributed by atoms with Crippen LogP contribution in [0.4, 0.5) is 4.39 Å². The third kappa shape index (κ3) is 4.82. The van der Waals surface area contributed by atoms with E-state index >= 15 is 0 Å². The standard InChI is InChI=1S/C28H29FN2O4/c1-34-18-25-27(21-9-7-19(8-10-21)5-6-20-3-2-4-23(29)15-20)24-16-30(17-26(32)31(24)25)28(33)22-11-13-35-14-12-22/h2-4,7-10,15,22,24-25,27H,11-14,16-18H2,1H3/t24-,25-,27-/m1/s1. The van der Waals surface area contributed by atoms with Gasteiger partial charge in [-0.15, -0.1) is 0 Å². The van der Waals surface area contributed by atoms with Gasteiger partial charge < -0.3 is 19.3 Å². The normalized spacial score (nSPS) is 24.3. The predicted molar refractivity (Wildman–Crippen MR) is 128 cm³/mol. The number of benzene rings is 2. The molecule has 0 aliphatic carbocycles. The van der Waals surface area contributed by atoms with Crippen molar-refractivity contribution in [2.75, 3.05) is 40.0 Å². The topological polar surface area (TPSA) is 59.1 Å². The zero-order chi connectivity index (χ0) is 24.4. The minimum Gasteiger partial charge on any atom is -0.383 e. The quantitative estimate of drug-likeness (QED) is 0.637. The second-order valence-corrected chi connectivity index (χ2v) is 9.40. The molecule has 2 amide bonds. The van der Waals surface area contributed by atoms with Crippen LogP contribution in [0.2, 0.25) is 0 Å². The molecule has 0 bridgehead atoms. The van der Waals surface area contributed by atoms with Crippen LogP contribution in [0.3, 0.4) is 0 Å². The summed E-state index contributed by atoms with van der Waals surface area (Å²) >= 11 is 0. The average Bonchev–Trinajstić information content (AvgIpc) is 2.87. The van der Waals surface area contributed by atoms with E-state index in [-0.39, 0.29) is 48.1 Å². The molecular formula is C28H29FN2O4. The summed E-state index contributed by atoms with van der Waals surface area (Å²) in [6, 6.07) is 14.1. The van der Waals surface area contributed by atoms with E-state index in [1.807, 2.05) is 29.2 Å². The molecule has 3 atom stereocenters. The van der Waals surface area contributed by atoms with E-state index in [2.05, 4.69) is 11.8 Å². The Hall–Kier alpha value is -3.21. The molecule has 3 fully saturated rings. The molecule has 3 heterocycles. The fraction of sp³-hybridized carbons (Fsp3) is 0.429. The number of piperazine rings is 1. The Labute approximate surface area is 205 Å². The second kappa shape index (κ2) is 10.2. The Balaban J connectivity index is 1.33. The first-order valence-electron chi connectivity index (χ1n) is 12.1. The van der Waals surface area contributed by atoms with E-state index in [4.69, 9.17) is 9.47 Å². The molecular weight excluding hydrogens is 447 g/mol. The smallest absolute Gasteiger partial charge is 0.242 e. The van der Waals surface area contributed by atoms with E-state index in [0.717, 1.165) is 11.1 Å². The molecule has 6 nitrogen and oxygen atoms in total. The third-order valence-electron chi connectivity index (χ3n) is 7.26. The lowest BCUT2D eigenvalue weighted by Gasteiger charge is -2.59. The van der Waals surface area contributed by atoms with E-state index in [1.165, 1.54) is 12.1 Å². The van der Waals surface area contributed by atoms with Crippen molar-refractivity contribution < 1.29 is 23.5 Å². The Kier molecular flexibility index (Phi) is 6.85. The van der Waals surface area contributed by atoms with Crippen LogP contribution >= 0.6 is 0 Å². The average molecular weight is 477 g/mol. The highest BCUT2D eigenvalue weighted by molar-refractivity contribution is 5.88. The summed E-state index contributed by atoms with van der Waals surface area (Å²) in [6.45, 7) is 2.31. The Bertz CT molecular complexity index is 1150. The van der Waals surface area contributed by atoms with Crippen molar-refractivity contribution in [3.8, 4) is 11.8 Å². The number of fused-ring (bicyclic) bond motifs is 1. The molecule has 2 aromatic carbocycles. The van der Waals surface area contributed by atoms with Gasteiger partial charge in [-0.3, -0.25) is 9.59 Å². The number of hydrogen-bond donors (Lipinski definition) is 0. The number of methoxy groups -OCH3 is 1. The van der Waals surface area contributed by atoms with Gasteiger partial charge in [-0.1, -0.05) is 30.0 Å². The molecule has 0 N–H and O–H groups in total. The first kappa shape index (κ1) is 23.5. The number of carbonyl (C=O) groups is 2. The molecule has 0 aromatic heterocycles. The number of ether oxygens (including phenoxy) is 2. The van der Waals surface area contributed by atoms with Gasteiger partial charge in [-0.25, -0.2) is 4.39 Å². The Morgan fingerprint density at radius 1 is 1.11 bits per heavy atom. The van der Waals surface area contributed by atoms with Crippen molar-refractivity contribution in [1.29, 1.82) is 0 Å². The SMILES string of the molecule is COC[C@@H]1[C@H](c2ccc(C#Cc3cccc(F)c3)cc2)[C@H]2CN(C(=O)C3CCOCC3)CC(=O)N12.